The maximum Gasteiger partial charge on any atom is 0.226 e. The minimum atomic E-state index is -0.313. The quantitative estimate of drug-likeness (QED) is 0.775. The predicted octanol–water partition coefficient (Wildman–Crippen LogP) is 3.81. The van der Waals surface area contributed by atoms with E-state index >= 15 is 0 Å². The molecule has 1 aromatic heterocycles. The molecule has 0 fully saturated rings. The summed E-state index contributed by atoms with van der Waals surface area (Å²) in [6.45, 7) is 0.612. The van der Waals surface area contributed by atoms with Gasteiger partial charge >= 0.3 is 0 Å². The Hall–Kier alpha value is -2.62. The zero-order chi connectivity index (χ0) is 14.7. The molecular weight excluding hydrogens is 267 g/mol. The molecule has 0 saturated heterocycles. The summed E-state index contributed by atoms with van der Waals surface area (Å²) in [4.78, 5) is 11.9. The monoisotopic (exact) mass is 282 g/mol. The Kier molecular flexibility index (Phi) is 3.69. The molecule has 0 spiro atoms. The molecule has 0 atom stereocenters. The molecule has 106 valence electrons. The van der Waals surface area contributed by atoms with Crippen molar-refractivity contribution in [1.29, 1.82) is 0 Å². The first-order chi connectivity index (χ1) is 10.2. The minimum Gasteiger partial charge on any atom is -0.347 e. The summed E-state index contributed by atoms with van der Waals surface area (Å²) in [5, 5.41) is 3.92. The molecule has 0 saturated carbocycles. The van der Waals surface area contributed by atoms with E-state index in [2.05, 4.69) is 9.88 Å². The van der Waals surface area contributed by atoms with Gasteiger partial charge in [-0.2, -0.15) is 0 Å². The summed E-state index contributed by atoms with van der Waals surface area (Å²) in [7, 11) is 0. The molecule has 21 heavy (non-hydrogen) atoms. The van der Waals surface area contributed by atoms with Gasteiger partial charge in [0.2, 0.25) is 5.91 Å². The van der Waals surface area contributed by atoms with Gasteiger partial charge in [0.1, 0.15) is 5.82 Å². The van der Waals surface area contributed by atoms with Crippen molar-refractivity contribution in [1.82, 2.24) is 4.57 Å². The number of nitrogens with zero attached hydrogens (tertiary/aromatic N) is 1. The highest BCUT2D eigenvalue weighted by Gasteiger charge is 2.05. The van der Waals surface area contributed by atoms with Crippen molar-refractivity contribution in [3.63, 3.8) is 0 Å². The van der Waals surface area contributed by atoms with Gasteiger partial charge in [0, 0.05) is 30.4 Å². The van der Waals surface area contributed by atoms with Gasteiger partial charge in [-0.3, -0.25) is 4.79 Å². The van der Waals surface area contributed by atoms with E-state index in [0.29, 0.717) is 18.7 Å². The van der Waals surface area contributed by atoms with Gasteiger partial charge in [0.15, 0.2) is 0 Å². The van der Waals surface area contributed by atoms with Crippen molar-refractivity contribution >= 4 is 22.5 Å². The molecule has 1 amide bonds. The van der Waals surface area contributed by atoms with Crippen LogP contribution in [-0.4, -0.2) is 10.5 Å². The van der Waals surface area contributed by atoms with Gasteiger partial charge in [-0.25, -0.2) is 4.39 Å². The van der Waals surface area contributed by atoms with Gasteiger partial charge in [-0.05, 0) is 41.8 Å². The Labute approximate surface area is 122 Å². The molecule has 4 heteroatoms. The molecule has 1 N–H and O–H groups in total. The first-order valence-electron chi connectivity index (χ1n) is 6.82. The number of carbonyl (C=O) groups excluding carboxylic acids is 1. The summed E-state index contributed by atoms with van der Waals surface area (Å²) in [6.07, 6.45) is 2.35. The number of aromatic nitrogens is 1. The lowest BCUT2D eigenvalue weighted by Gasteiger charge is -2.07. The smallest absolute Gasteiger partial charge is 0.226 e. The topological polar surface area (TPSA) is 34.0 Å². The Balaban J connectivity index is 1.62. The Morgan fingerprint density at radius 2 is 1.81 bits per heavy atom. The van der Waals surface area contributed by atoms with Gasteiger partial charge in [0.25, 0.3) is 0 Å². The molecule has 0 aliphatic rings. The number of carbonyl (C=O) groups is 1. The summed E-state index contributed by atoms with van der Waals surface area (Å²) in [5.41, 5.74) is 1.73. The number of anilines is 1. The van der Waals surface area contributed by atoms with Crippen molar-refractivity contribution in [3.05, 3.63) is 66.6 Å². The maximum atomic E-state index is 12.8. The van der Waals surface area contributed by atoms with Gasteiger partial charge in [-0.15, -0.1) is 0 Å². The number of fused-ring (bicyclic) bond motifs is 1. The number of hydrogen-bond acceptors (Lipinski definition) is 1. The molecular formula is C17H15FN2O. The summed E-state index contributed by atoms with van der Waals surface area (Å²) < 4.78 is 14.8. The average Bonchev–Trinajstić information content (AvgIpc) is 2.91. The van der Waals surface area contributed by atoms with Gasteiger partial charge in [-0.1, -0.05) is 18.2 Å². The fourth-order valence-electron chi connectivity index (χ4n) is 2.31. The third-order valence-electron chi connectivity index (χ3n) is 3.39. The standard InChI is InChI=1S/C17H15FN2O/c18-14-5-7-15(8-6-14)19-17(21)10-12-20-11-9-13-3-1-2-4-16(13)20/h1-9,11H,10,12H2,(H,19,21). The molecule has 0 radical (unpaired) electrons. The number of para-hydroxylation sites is 1. The van der Waals surface area contributed by atoms with E-state index in [-0.39, 0.29) is 11.7 Å². The van der Waals surface area contributed by atoms with Crippen LogP contribution >= 0.6 is 0 Å². The van der Waals surface area contributed by atoms with Crippen LogP contribution in [-0.2, 0) is 11.3 Å². The summed E-state index contributed by atoms with van der Waals surface area (Å²) >= 11 is 0. The second-order valence-corrected chi connectivity index (χ2v) is 4.87. The zero-order valence-electron chi connectivity index (χ0n) is 11.4. The molecule has 2 aromatic carbocycles. The lowest BCUT2D eigenvalue weighted by Crippen LogP contribution is -2.14. The second-order valence-electron chi connectivity index (χ2n) is 4.87. The molecule has 3 aromatic rings. The van der Waals surface area contributed by atoms with Crippen LogP contribution in [0, 0.1) is 5.82 Å². The van der Waals surface area contributed by atoms with Crippen LogP contribution < -0.4 is 5.32 Å². The van der Waals surface area contributed by atoms with Gasteiger partial charge in [0.05, 0.1) is 0 Å². The van der Waals surface area contributed by atoms with E-state index < -0.39 is 0 Å². The first-order valence-corrected chi connectivity index (χ1v) is 6.82. The Morgan fingerprint density at radius 3 is 2.62 bits per heavy atom. The molecule has 3 rings (SSSR count). The van der Waals surface area contributed by atoms with E-state index in [1.54, 1.807) is 12.1 Å². The molecule has 0 unspecified atom stereocenters. The number of nitrogens with one attached hydrogen (secondary N) is 1. The zero-order valence-corrected chi connectivity index (χ0v) is 11.4. The lowest BCUT2D eigenvalue weighted by atomic mass is 10.2. The average molecular weight is 282 g/mol. The van der Waals surface area contributed by atoms with E-state index in [1.165, 1.54) is 12.1 Å². The van der Waals surface area contributed by atoms with Crippen LogP contribution in [0.4, 0.5) is 10.1 Å². The first kappa shape index (κ1) is 13.4. The van der Waals surface area contributed by atoms with Crippen LogP contribution in [0.15, 0.2) is 60.8 Å². The van der Waals surface area contributed by atoms with Crippen molar-refractivity contribution in [2.75, 3.05) is 5.32 Å². The number of rotatable bonds is 4. The molecule has 0 bridgehead atoms. The lowest BCUT2D eigenvalue weighted by molar-refractivity contribution is -0.116. The Morgan fingerprint density at radius 1 is 1.05 bits per heavy atom. The third kappa shape index (κ3) is 3.11. The van der Waals surface area contributed by atoms with Crippen LogP contribution in [0.2, 0.25) is 0 Å². The van der Waals surface area contributed by atoms with E-state index in [9.17, 15) is 9.18 Å². The molecule has 0 aliphatic heterocycles. The van der Waals surface area contributed by atoms with Crippen LogP contribution in [0.1, 0.15) is 6.42 Å². The van der Waals surface area contributed by atoms with Crippen molar-refractivity contribution < 1.29 is 9.18 Å². The maximum absolute atomic E-state index is 12.8. The third-order valence-corrected chi connectivity index (χ3v) is 3.39. The number of halogens is 1. The van der Waals surface area contributed by atoms with Crippen LogP contribution in [0.3, 0.4) is 0 Å². The van der Waals surface area contributed by atoms with Crippen LogP contribution in [0.25, 0.3) is 10.9 Å². The van der Waals surface area contributed by atoms with E-state index in [4.69, 9.17) is 0 Å². The molecule has 0 aliphatic carbocycles. The highest BCUT2D eigenvalue weighted by atomic mass is 19.1. The fraction of sp³-hybridized carbons (Fsp3) is 0.118. The highest BCUT2D eigenvalue weighted by molar-refractivity contribution is 5.90. The van der Waals surface area contributed by atoms with Crippen molar-refractivity contribution in [2.45, 2.75) is 13.0 Å². The molecule has 3 nitrogen and oxygen atoms in total. The SMILES string of the molecule is O=C(CCn1ccc2ccccc21)Nc1ccc(F)cc1. The van der Waals surface area contributed by atoms with Crippen LogP contribution in [0.5, 0.6) is 0 Å². The van der Waals surface area contributed by atoms with Crippen molar-refractivity contribution in [3.8, 4) is 0 Å². The predicted molar refractivity (Wildman–Crippen MR) is 81.6 cm³/mol. The fourth-order valence-corrected chi connectivity index (χ4v) is 2.31. The largest absolute Gasteiger partial charge is 0.347 e. The van der Waals surface area contributed by atoms with Gasteiger partial charge < -0.3 is 9.88 Å². The second kappa shape index (κ2) is 5.79. The number of amides is 1. The normalized spacial score (nSPS) is 10.7. The van der Waals surface area contributed by atoms with E-state index in [1.807, 2.05) is 36.5 Å². The number of aryl methyl sites for hydroxylation is 1. The highest BCUT2D eigenvalue weighted by Crippen LogP contribution is 2.15. The number of benzene rings is 2. The summed E-state index contributed by atoms with van der Waals surface area (Å²) in [6, 6.07) is 15.9. The summed E-state index contributed by atoms with van der Waals surface area (Å²) in [5.74, 6) is -0.397. The Bertz CT molecular complexity index is 762. The van der Waals surface area contributed by atoms with E-state index in [0.717, 1.165) is 10.9 Å². The minimum absolute atomic E-state index is 0.0839. The number of hydrogen-bond donors (Lipinski definition) is 1. The molecule has 1 heterocycles. The van der Waals surface area contributed by atoms with Crippen molar-refractivity contribution in [2.24, 2.45) is 0 Å².